The lowest BCUT2D eigenvalue weighted by atomic mass is 10.1. The van der Waals surface area contributed by atoms with E-state index in [9.17, 15) is 14.0 Å². The van der Waals surface area contributed by atoms with Gasteiger partial charge in [-0.1, -0.05) is 31.5 Å². The van der Waals surface area contributed by atoms with Crippen LogP contribution in [0.3, 0.4) is 0 Å². The average Bonchev–Trinajstić information content (AvgIpc) is 2.67. The quantitative estimate of drug-likeness (QED) is 0.594. The van der Waals surface area contributed by atoms with Crippen molar-refractivity contribution in [1.29, 1.82) is 0 Å². The van der Waals surface area contributed by atoms with Crippen LogP contribution in [0.5, 0.6) is 0 Å². The third kappa shape index (κ3) is 6.94. The standard InChI is InChI=1S/C20H24FN3O2S/c1-3-5-18(19(25)23-16-6-4-7-17(12-16)27-2)24-20(26)22-13-14-8-10-15(21)11-9-14/h4,6-12,18H,3,5,13H2,1-2H3,(H,23,25)(H2,22,24,26). The predicted octanol–water partition coefficient (Wildman–Crippen LogP) is 4.15. The van der Waals surface area contributed by atoms with E-state index >= 15 is 0 Å². The van der Waals surface area contributed by atoms with Crippen molar-refractivity contribution in [2.45, 2.75) is 37.2 Å². The van der Waals surface area contributed by atoms with Crippen molar-refractivity contribution >= 4 is 29.4 Å². The number of anilines is 1. The molecule has 0 aliphatic rings. The minimum atomic E-state index is -0.638. The molecule has 3 N–H and O–H groups in total. The zero-order valence-corrected chi connectivity index (χ0v) is 16.2. The van der Waals surface area contributed by atoms with Crippen LogP contribution in [0.1, 0.15) is 25.3 Å². The van der Waals surface area contributed by atoms with Gasteiger partial charge in [0, 0.05) is 17.1 Å². The number of nitrogens with one attached hydrogen (secondary N) is 3. The summed E-state index contributed by atoms with van der Waals surface area (Å²) in [6.45, 7) is 2.20. The first-order valence-electron chi connectivity index (χ1n) is 8.75. The van der Waals surface area contributed by atoms with Crippen molar-refractivity contribution in [2.75, 3.05) is 11.6 Å². The van der Waals surface area contributed by atoms with Gasteiger partial charge in [0.25, 0.3) is 0 Å². The first kappa shape index (κ1) is 20.8. The van der Waals surface area contributed by atoms with E-state index in [1.165, 1.54) is 12.1 Å². The summed E-state index contributed by atoms with van der Waals surface area (Å²) in [5, 5.41) is 8.25. The fourth-order valence-electron chi connectivity index (χ4n) is 2.48. The molecule has 0 fully saturated rings. The molecule has 2 aromatic carbocycles. The van der Waals surface area contributed by atoms with Gasteiger partial charge in [0.05, 0.1) is 0 Å². The van der Waals surface area contributed by atoms with Gasteiger partial charge in [-0.05, 0) is 48.6 Å². The lowest BCUT2D eigenvalue weighted by Gasteiger charge is -2.18. The van der Waals surface area contributed by atoms with Gasteiger partial charge in [0.15, 0.2) is 0 Å². The third-order valence-corrected chi connectivity index (χ3v) is 4.63. The van der Waals surface area contributed by atoms with Crippen LogP contribution >= 0.6 is 11.8 Å². The summed E-state index contributed by atoms with van der Waals surface area (Å²) in [7, 11) is 0. The molecule has 2 aromatic rings. The second kappa shape index (κ2) is 10.6. The van der Waals surface area contributed by atoms with Crippen LogP contribution in [0.4, 0.5) is 14.9 Å². The molecule has 0 heterocycles. The van der Waals surface area contributed by atoms with Crippen LogP contribution in [-0.4, -0.2) is 24.2 Å². The van der Waals surface area contributed by atoms with Gasteiger partial charge < -0.3 is 16.0 Å². The number of thioether (sulfide) groups is 1. The Bertz CT molecular complexity index is 768. The number of rotatable bonds is 8. The second-order valence-electron chi connectivity index (χ2n) is 6.02. The van der Waals surface area contributed by atoms with Gasteiger partial charge in [-0.15, -0.1) is 11.8 Å². The molecule has 0 bridgehead atoms. The van der Waals surface area contributed by atoms with Gasteiger partial charge >= 0.3 is 6.03 Å². The smallest absolute Gasteiger partial charge is 0.315 e. The zero-order valence-electron chi connectivity index (χ0n) is 15.4. The minimum Gasteiger partial charge on any atom is -0.334 e. The Labute approximate surface area is 163 Å². The lowest BCUT2D eigenvalue weighted by molar-refractivity contribution is -0.118. The summed E-state index contributed by atoms with van der Waals surface area (Å²) in [6.07, 6.45) is 3.24. The highest BCUT2D eigenvalue weighted by molar-refractivity contribution is 7.98. The maximum Gasteiger partial charge on any atom is 0.315 e. The van der Waals surface area contributed by atoms with Crippen LogP contribution < -0.4 is 16.0 Å². The molecule has 2 rings (SSSR count). The van der Waals surface area contributed by atoms with E-state index in [0.29, 0.717) is 12.1 Å². The first-order valence-corrected chi connectivity index (χ1v) is 9.98. The highest BCUT2D eigenvalue weighted by Crippen LogP contribution is 2.19. The highest BCUT2D eigenvalue weighted by Gasteiger charge is 2.20. The number of benzene rings is 2. The van der Waals surface area contributed by atoms with E-state index in [1.807, 2.05) is 37.4 Å². The molecule has 0 aliphatic heterocycles. The van der Waals surface area contributed by atoms with Crippen LogP contribution in [0.15, 0.2) is 53.4 Å². The molecule has 0 aromatic heterocycles. The van der Waals surface area contributed by atoms with Gasteiger partial charge in [-0.3, -0.25) is 4.79 Å². The van der Waals surface area contributed by atoms with Gasteiger partial charge in [0.1, 0.15) is 11.9 Å². The van der Waals surface area contributed by atoms with Crippen molar-refractivity contribution in [2.24, 2.45) is 0 Å². The second-order valence-corrected chi connectivity index (χ2v) is 6.90. The van der Waals surface area contributed by atoms with Crippen LogP contribution in [0.2, 0.25) is 0 Å². The Hall–Kier alpha value is -2.54. The Balaban J connectivity index is 1.91. The number of hydrogen-bond acceptors (Lipinski definition) is 3. The molecule has 0 saturated carbocycles. The number of hydrogen-bond donors (Lipinski definition) is 3. The summed E-state index contributed by atoms with van der Waals surface area (Å²) in [5.41, 5.74) is 1.47. The topological polar surface area (TPSA) is 70.2 Å². The zero-order chi connectivity index (χ0) is 19.6. The number of urea groups is 1. The van der Waals surface area contributed by atoms with Crippen molar-refractivity contribution in [3.05, 3.63) is 59.9 Å². The molecule has 7 heteroatoms. The average molecular weight is 389 g/mol. The molecule has 144 valence electrons. The summed E-state index contributed by atoms with van der Waals surface area (Å²) >= 11 is 1.59. The van der Waals surface area contributed by atoms with Crippen LogP contribution in [0, 0.1) is 5.82 Å². The van der Waals surface area contributed by atoms with E-state index < -0.39 is 12.1 Å². The van der Waals surface area contributed by atoms with Crippen molar-refractivity contribution in [1.82, 2.24) is 10.6 Å². The van der Waals surface area contributed by atoms with Crippen LogP contribution in [-0.2, 0) is 11.3 Å². The molecule has 0 aliphatic carbocycles. The van der Waals surface area contributed by atoms with E-state index in [4.69, 9.17) is 0 Å². The maximum absolute atomic E-state index is 12.9. The van der Waals surface area contributed by atoms with E-state index in [0.717, 1.165) is 16.9 Å². The van der Waals surface area contributed by atoms with Crippen LogP contribution in [0.25, 0.3) is 0 Å². The van der Waals surface area contributed by atoms with E-state index in [1.54, 1.807) is 23.9 Å². The van der Waals surface area contributed by atoms with Gasteiger partial charge in [0.2, 0.25) is 5.91 Å². The molecule has 5 nitrogen and oxygen atoms in total. The summed E-state index contributed by atoms with van der Waals surface area (Å²) in [4.78, 5) is 25.7. The fraction of sp³-hybridized carbons (Fsp3) is 0.300. The molecule has 0 radical (unpaired) electrons. The summed E-state index contributed by atoms with van der Waals surface area (Å²) < 4.78 is 12.9. The third-order valence-electron chi connectivity index (χ3n) is 3.90. The molecule has 0 saturated heterocycles. The summed E-state index contributed by atoms with van der Waals surface area (Å²) in [5.74, 6) is -0.583. The largest absolute Gasteiger partial charge is 0.334 e. The first-order chi connectivity index (χ1) is 13.0. The monoisotopic (exact) mass is 389 g/mol. The number of carbonyl (C=O) groups is 2. The molecule has 3 amide bonds. The SMILES string of the molecule is CCCC(NC(=O)NCc1ccc(F)cc1)C(=O)Nc1cccc(SC)c1. The molecular weight excluding hydrogens is 365 g/mol. The number of amides is 3. The number of carbonyl (C=O) groups excluding carboxylic acids is 2. The normalized spacial score (nSPS) is 11.5. The van der Waals surface area contributed by atoms with Crippen molar-refractivity contribution < 1.29 is 14.0 Å². The van der Waals surface area contributed by atoms with Crippen molar-refractivity contribution in [3.63, 3.8) is 0 Å². The minimum absolute atomic E-state index is 0.252. The Morgan fingerprint density at radius 2 is 1.89 bits per heavy atom. The van der Waals surface area contributed by atoms with Gasteiger partial charge in [-0.25, -0.2) is 9.18 Å². The Kier molecular flexibility index (Phi) is 8.13. The number of halogens is 1. The Morgan fingerprint density at radius 3 is 2.56 bits per heavy atom. The molecule has 1 atom stereocenters. The highest BCUT2D eigenvalue weighted by atomic mass is 32.2. The van der Waals surface area contributed by atoms with Crippen molar-refractivity contribution in [3.8, 4) is 0 Å². The van der Waals surface area contributed by atoms with E-state index in [-0.39, 0.29) is 18.3 Å². The Morgan fingerprint density at radius 1 is 1.15 bits per heavy atom. The molecule has 0 spiro atoms. The predicted molar refractivity (Wildman–Crippen MR) is 107 cm³/mol. The lowest BCUT2D eigenvalue weighted by Crippen LogP contribution is -2.47. The molecular formula is C20H24FN3O2S. The van der Waals surface area contributed by atoms with E-state index in [2.05, 4.69) is 16.0 Å². The fourth-order valence-corrected chi connectivity index (χ4v) is 2.94. The molecule has 27 heavy (non-hydrogen) atoms. The summed E-state index contributed by atoms with van der Waals surface area (Å²) in [6, 6.07) is 12.3. The maximum atomic E-state index is 12.9. The molecule has 1 unspecified atom stereocenters. The van der Waals surface area contributed by atoms with Gasteiger partial charge in [-0.2, -0.15) is 0 Å².